The van der Waals surface area contributed by atoms with E-state index in [9.17, 15) is 0 Å². The van der Waals surface area contributed by atoms with Crippen LogP contribution in [0.2, 0.25) is 0 Å². The molecule has 2 saturated heterocycles. The average molecular weight is 328 g/mol. The summed E-state index contributed by atoms with van der Waals surface area (Å²) in [5, 5.41) is 4.62. The Bertz CT molecular complexity index is 667. The fraction of sp³-hybridized carbons (Fsp3) is 0.556. The van der Waals surface area contributed by atoms with Crippen LogP contribution in [0.15, 0.2) is 30.3 Å². The molecule has 2 aliphatic heterocycles. The van der Waals surface area contributed by atoms with Crippen molar-refractivity contribution in [1.82, 2.24) is 19.7 Å². The Morgan fingerprint density at radius 2 is 1.92 bits per heavy atom. The molecule has 2 fully saturated rings. The number of ether oxygens (including phenoxy) is 2. The van der Waals surface area contributed by atoms with Crippen LogP contribution in [0.5, 0.6) is 0 Å². The van der Waals surface area contributed by atoms with Crippen molar-refractivity contribution < 1.29 is 9.47 Å². The third-order valence-corrected chi connectivity index (χ3v) is 4.75. The van der Waals surface area contributed by atoms with Crippen LogP contribution in [-0.4, -0.2) is 51.8 Å². The third-order valence-electron chi connectivity index (χ3n) is 4.75. The molecule has 0 amide bonds. The van der Waals surface area contributed by atoms with Crippen LogP contribution in [0.1, 0.15) is 25.1 Å². The molecule has 0 saturated carbocycles. The molecule has 0 aliphatic carbocycles. The molecule has 1 aromatic heterocycles. The van der Waals surface area contributed by atoms with E-state index in [0.717, 1.165) is 36.8 Å². The minimum absolute atomic E-state index is 0.102. The van der Waals surface area contributed by atoms with Gasteiger partial charge in [0.05, 0.1) is 25.9 Å². The van der Waals surface area contributed by atoms with E-state index < -0.39 is 0 Å². The summed E-state index contributed by atoms with van der Waals surface area (Å²) in [6.45, 7) is 5.11. The summed E-state index contributed by atoms with van der Waals surface area (Å²) in [6, 6.07) is 10.6. The maximum Gasteiger partial charge on any atom is 0.173 e. The topological polar surface area (TPSA) is 52.4 Å². The lowest BCUT2D eigenvalue weighted by Gasteiger charge is -2.37. The number of benzene rings is 1. The fourth-order valence-electron chi connectivity index (χ4n) is 3.63. The first kappa shape index (κ1) is 15.7. The van der Waals surface area contributed by atoms with Crippen molar-refractivity contribution in [2.24, 2.45) is 0 Å². The van der Waals surface area contributed by atoms with Gasteiger partial charge in [-0.1, -0.05) is 36.8 Å². The zero-order valence-corrected chi connectivity index (χ0v) is 14.1. The number of piperidine rings is 1. The molecule has 1 atom stereocenters. The maximum absolute atomic E-state index is 5.77. The SMILES string of the molecule is Cc1nc(-c2ccccc2)n(CN2CCCC[C@@H]2C2OCCO2)n1. The molecule has 128 valence electrons. The largest absolute Gasteiger partial charge is 0.349 e. The Morgan fingerprint density at radius 1 is 1.12 bits per heavy atom. The summed E-state index contributed by atoms with van der Waals surface area (Å²) in [4.78, 5) is 7.06. The summed E-state index contributed by atoms with van der Waals surface area (Å²) in [5.41, 5.74) is 1.10. The maximum atomic E-state index is 5.77. The number of rotatable bonds is 4. The lowest BCUT2D eigenvalue weighted by atomic mass is 10.0. The molecule has 24 heavy (non-hydrogen) atoms. The van der Waals surface area contributed by atoms with Gasteiger partial charge in [0.2, 0.25) is 0 Å². The molecule has 1 aromatic carbocycles. The predicted octanol–water partition coefficient (Wildman–Crippen LogP) is 2.44. The summed E-state index contributed by atoms with van der Waals surface area (Å²) in [7, 11) is 0. The molecule has 6 nitrogen and oxygen atoms in total. The zero-order chi connectivity index (χ0) is 16.4. The summed E-state index contributed by atoms with van der Waals surface area (Å²) < 4.78 is 13.6. The molecule has 6 heteroatoms. The first-order valence-corrected chi connectivity index (χ1v) is 8.75. The van der Waals surface area contributed by atoms with Crippen LogP contribution in [0, 0.1) is 6.92 Å². The predicted molar refractivity (Wildman–Crippen MR) is 90.2 cm³/mol. The minimum Gasteiger partial charge on any atom is -0.349 e. The van der Waals surface area contributed by atoms with Gasteiger partial charge in [-0.3, -0.25) is 4.90 Å². The van der Waals surface area contributed by atoms with Crippen LogP contribution in [-0.2, 0) is 16.1 Å². The van der Waals surface area contributed by atoms with Crippen molar-refractivity contribution in [2.45, 2.75) is 45.2 Å². The molecule has 0 N–H and O–H groups in total. The standard InChI is InChI=1S/C18H24N4O2/c1-14-19-17(15-7-3-2-4-8-15)22(20-14)13-21-10-6-5-9-16(21)18-23-11-12-24-18/h2-4,7-8,16,18H,5-6,9-13H2,1H3/t16-/m1/s1. The van der Waals surface area contributed by atoms with Crippen molar-refractivity contribution in [1.29, 1.82) is 0 Å². The lowest BCUT2D eigenvalue weighted by Crippen LogP contribution is -2.48. The van der Waals surface area contributed by atoms with E-state index in [1.165, 1.54) is 12.8 Å². The lowest BCUT2D eigenvalue weighted by molar-refractivity contribution is -0.116. The highest BCUT2D eigenvalue weighted by Gasteiger charge is 2.34. The van der Waals surface area contributed by atoms with Gasteiger partial charge in [0.15, 0.2) is 12.1 Å². The Morgan fingerprint density at radius 3 is 2.71 bits per heavy atom. The molecule has 0 bridgehead atoms. The van der Waals surface area contributed by atoms with Gasteiger partial charge >= 0.3 is 0 Å². The van der Waals surface area contributed by atoms with Crippen molar-refractivity contribution in [3.63, 3.8) is 0 Å². The van der Waals surface area contributed by atoms with Crippen LogP contribution < -0.4 is 0 Å². The Hall–Kier alpha value is -1.76. The van der Waals surface area contributed by atoms with E-state index in [4.69, 9.17) is 9.47 Å². The van der Waals surface area contributed by atoms with Gasteiger partial charge in [0, 0.05) is 12.1 Å². The van der Waals surface area contributed by atoms with Gasteiger partial charge < -0.3 is 9.47 Å². The number of aromatic nitrogens is 3. The van der Waals surface area contributed by atoms with Gasteiger partial charge in [-0.05, 0) is 19.8 Å². The van der Waals surface area contributed by atoms with Crippen LogP contribution >= 0.6 is 0 Å². The van der Waals surface area contributed by atoms with E-state index in [1.807, 2.05) is 29.8 Å². The van der Waals surface area contributed by atoms with Crippen molar-refractivity contribution in [3.8, 4) is 11.4 Å². The number of likely N-dealkylation sites (tertiary alicyclic amines) is 1. The van der Waals surface area contributed by atoms with Gasteiger partial charge in [0.25, 0.3) is 0 Å². The third kappa shape index (κ3) is 3.22. The first-order chi connectivity index (χ1) is 11.8. The summed E-state index contributed by atoms with van der Waals surface area (Å²) in [5.74, 6) is 1.72. The fourth-order valence-corrected chi connectivity index (χ4v) is 3.63. The Labute approximate surface area is 142 Å². The molecule has 3 heterocycles. The molecule has 0 radical (unpaired) electrons. The van der Waals surface area contributed by atoms with E-state index in [0.29, 0.717) is 19.3 Å². The van der Waals surface area contributed by atoms with Gasteiger partial charge in [-0.25, -0.2) is 9.67 Å². The second kappa shape index (κ2) is 7.01. The Kier molecular flexibility index (Phi) is 4.60. The monoisotopic (exact) mass is 328 g/mol. The highest BCUT2D eigenvalue weighted by atomic mass is 16.7. The zero-order valence-electron chi connectivity index (χ0n) is 14.1. The number of hydrogen-bond acceptors (Lipinski definition) is 5. The van der Waals surface area contributed by atoms with Crippen LogP contribution in [0.25, 0.3) is 11.4 Å². The Balaban J connectivity index is 1.57. The van der Waals surface area contributed by atoms with E-state index in [2.05, 4.69) is 27.1 Å². The van der Waals surface area contributed by atoms with Crippen LogP contribution in [0.3, 0.4) is 0 Å². The highest BCUT2D eigenvalue weighted by Crippen LogP contribution is 2.26. The van der Waals surface area contributed by atoms with Gasteiger partial charge in [-0.15, -0.1) is 0 Å². The van der Waals surface area contributed by atoms with E-state index >= 15 is 0 Å². The molecule has 4 rings (SSSR count). The number of aryl methyl sites for hydroxylation is 1. The van der Waals surface area contributed by atoms with Crippen molar-refractivity contribution in [2.75, 3.05) is 19.8 Å². The van der Waals surface area contributed by atoms with Gasteiger partial charge in [-0.2, -0.15) is 5.10 Å². The smallest absolute Gasteiger partial charge is 0.173 e. The van der Waals surface area contributed by atoms with Crippen molar-refractivity contribution in [3.05, 3.63) is 36.2 Å². The van der Waals surface area contributed by atoms with Crippen LogP contribution in [0.4, 0.5) is 0 Å². The highest BCUT2D eigenvalue weighted by molar-refractivity contribution is 5.54. The molecule has 2 aromatic rings. The molecular weight excluding hydrogens is 304 g/mol. The first-order valence-electron chi connectivity index (χ1n) is 8.75. The van der Waals surface area contributed by atoms with Crippen molar-refractivity contribution >= 4 is 0 Å². The number of hydrogen-bond donors (Lipinski definition) is 0. The molecule has 2 aliphatic rings. The molecular formula is C18H24N4O2. The normalized spacial score (nSPS) is 23.0. The number of nitrogens with zero attached hydrogens (tertiary/aromatic N) is 4. The quantitative estimate of drug-likeness (QED) is 0.863. The second-order valence-electron chi connectivity index (χ2n) is 6.48. The molecule has 0 unspecified atom stereocenters. The van der Waals surface area contributed by atoms with Gasteiger partial charge in [0.1, 0.15) is 5.82 Å². The van der Waals surface area contributed by atoms with E-state index in [-0.39, 0.29) is 6.29 Å². The van der Waals surface area contributed by atoms with E-state index in [1.54, 1.807) is 0 Å². The summed E-state index contributed by atoms with van der Waals surface area (Å²) >= 11 is 0. The second-order valence-corrected chi connectivity index (χ2v) is 6.48. The summed E-state index contributed by atoms with van der Waals surface area (Å²) in [6.07, 6.45) is 3.44. The minimum atomic E-state index is -0.102. The molecule has 0 spiro atoms. The average Bonchev–Trinajstić information content (AvgIpc) is 3.26.